The van der Waals surface area contributed by atoms with Crippen LogP contribution in [0.4, 0.5) is 0 Å². The first-order valence-corrected chi connectivity index (χ1v) is 17.5. The van der Waals surface area contributed by atoms with Gasteiger partial charge in [0.1, 0.15) is 0 Å². The van der Waals surface area contributed by atoms with E-state index in [0.29, 0.717) is 0 Å². The standard InChI is InChI=1S/2C19H27S.2ClH.2Ti/c2*1-5-14-20-19(15-16-10-6-7-11-16)13-9-8-12-17(19)18(2,3)4;;;;/h2*6,8-10,12H,5,7,13-15H2,1-4H3;2*1H;;/q2*-1;;;2*+2/p-2. The summed E-state index contributed by atoms with van der Waals surface area (Å²) in [5.41, 5.74) is 6.46. The summed E-state index contributed by atoms with van der Waals surface area (Å²) in [6, 6.07) is 0. The van der Waals surface area contributed by atoms with Gasteiger partial charge in [0.2, 0.25) is 0 Å². The van der Waals surface area contributed by atoms with Gasteiger partial charge in [-0.3, -0.25) is 12.2 Å². The van der Waals surface area contributed by atoms with Crippen molar-refractivity contribution in [1.82, 2.24) is 0 Å². The number of allylic oxidation sites excluding steroid dienone is 14. The fourth-order valence-electron chi connectivity index (χ4n) is 6.30. The monoisotopic (exact) mass is 740 g/mol. The third-order valence-corrected chi connectivity index (χ3v) is 11.3. The molecule has 2 unspecified atom stereocenters. The quantitative estimate of drug-likeness (QED) is 0.207. The van der Waals surface area contributed by atoms with Crippen molar-refractivity contribution in [2.24, 2.45) is 10.8 Å². The molecular formula is C38H54Cl2S2Ti2. The van der Waals surface area contributed by atoms with Crippen LogP contribution in [0, 0.1) is 23.0 Å². The van der Waals surface area contributed by atoms with Crippen molar-refractivity contribution in [1.29, 1.82) is 0 Å². The van der Waals surface area contributed by atoms with E-state index in [9.17, 15) is 0 Å². The maximum Gasteiger partial charge on any atom is 2.00 e. The fraction of sp³-hybridized carbons (Fsp3) is 0.579. The molecule has 4 aliphatic rings. The predicted octanol–water partition coefficient (Wildman–Crippen LogP) is 5.76. The molecule has 0 saturated heterocycles. The summed E-state index contributed by atoms with van der Waals surface area (Å²) in [6.07, 6.45) is 39.0. The Balaban J connectivity index is 0. The normalized spacial score (nSPS) is 23.5. The van der Waals surface area contributed by atoms with Crippen molar-refractivity contribution in [3.63, 3.8) is 0 Å². The molecule has 4 rings (SSSR count). The van der Waals surface area contributed by atoms with Gasteiger partial charge >= 0.3 is 43.4 Å². The minimum atomic E-state index is 0. The first kappa shape index (κ1) is 46.7. The molecule has 2 atom stereocenters. The summed E-state index contributed by atoms with van der Waals surface area (Å²) in [5.74, 6) is 2.47. The van der Waals surface area contributed by atoms with Gasteiger partial charge in [0.25, 0.3) is 0 Å². The Kier molecular flexibility index (Phi) is 22.9. The van der Waals surface area contributed by atoms with Gasteiger partial charge < -0.3 is 24.8 Å². The van der Waals surface area contributed by atoms with Crippen LogP contribution in [0.5, 0.6) is 0 Å². The molecular weight excluding hydrogens is 687 g/mol. The largest absolute Gasteiger partial charge is 2.00 e. The number of hydrogen-bond acceptors (Lipinski definition) is 2. The minimum absolute atomic E-state index is 0. The Morgan fingerprint density at radius 3 is 1.27 bits per heavy atom. The molecule has 0 saturated carbocycles. The first-order valence-electron chi connectivity index (χ1n) is 15.5. The van der Waals surface area contributed by atoms with Crippen LogP contribution in [-0.2, 0) is 43.4 Å². The topological polar surface area (TPSA) is 0 Å². The van der Waals surface area contributed by atoms with E-state index >= 15 is 0 Å². The molecule has 4 aliphatic carbocycles. The van der Waals surface area contributed by atoms with Gasteiger partial charge in [-0.2, -0.15) is 35.7 Å². The third-order valence-electron chi connectivity index (χ3n) is 7.94. The zero-order valence-corrected chi connectivity index (χ0v) is 34.7. The van der Waals surface area contributed by atoms with Crippen molar-refractivity contribution in [2.45, 2.75) is 116 Å². The number of rotatable bonds is 10. The van der Waals surface area contributed by atoms with Crippen LogP contribution in [0.25, 0.3) is 0 Å². The zero-order chi connectivity index (χ0) is 29.3. The molecule has 0 spiro atoms. The first-order chi connectivity index (χ1) is 19.0. The zero-order valence-electron chi connectivity index (χ0n) is 28.4. The van der Waals surface area contributed by atoms with E-state index in [1.54, 1.807) is 11.1 Å². The minimum Gasteiger partial charge on any atom is -1.00 e. The van der Waals surface area contributed by atoms with Crippen LogP contribution < -0.4 is 24.8 Å². The molecule has 0 amide bonds. The van der Waals surface area contributed by atoms with Gasteiger partial charge in [0.15, 0.2) is 0 Å². The summed E-state index contributed by atoms with van der Waals surface area (Å²) in [7, 11) is 0. The average molecular weight is 742 g/mol. The summed E-state index contributed by atoms with van der Waals surface area (Å²) >= 11 is 4.30. The van der Waals surface area contributed by atoms with Gasteiger partial charge in [-0.05, 0) is 72.0 Å². The molecule has 0 heterocycles. The summed E-state index contributed by atoms with van der Waals surface area (Å²) in [6.45, 7) is 18.7. The number of thioether (sulfide) groups is 2. The fourth-order valence-corrected chi connectivity index (χ4v) is 9.49. The van der Waals surface area contributed by atoms with Crippen LogP contribution in [0.3, 0.4) is 0 Å². The van der Waals surface area contributed by atoms with Crippen LogP contribution in [-0.4, -0.2) is 21.0 Å². The van der Waals surface area contributed by atoms with E-state index in [1.165, 1.54) is 35.5 Å². The molecule has 0 aromatic rings. The van der Waals surface area contributed by atoms with Crippen LogP contribution >= 0.6 is 23.5 Å². The third kappa shape index (κ3) is 13.3. The second-order valence-corrected chi connectivity index (χ2v) is 16.5. The van der Waals surface area contributed by atoms with Gasteiger partial charge in [-0.25, -0.2) is 23.3 Å². The van der Waals surface area contributed by atoms with E-state index in [-0.39, 0.29) is 88.6 Å². The molecule has 0 bridgehead atoms. The van der Waals surface area contributed by atoms with Crippen molar-refractivity contribution in [2.75, 3.05) is 11.5 Å². The van der Waals surface area contributed by atoms with Gasteiger partial charge in [-0.15, -0.1) is 12.8 Å². The second kappa shape index (κ2) is 21.6. The molecule has 0 N–H and O–H groups in total. The Bertz CT molecular complexity index is 1020. The molecule has 0 fully saturated rings. The number of hydrogen-bond donors (Lipinski definition) is 0. The molecule has 0 nitrogen and oxygen atoms in total. The van der Waals surface area contributed by atoms with Crippen molar-refractivity contribution < 1.29 is 68.2 Å². The molecule has 240 valence electrons. The van der Waals surface area contributed by atoms with Crippen molar-refractivity contribution >= 4 is 23.5 Å². The van der Waals surface area contributed by atoms with Gasteiger partial charge in [0, 0.05) is 9.49 Å². The SMILES string of the molecule is CCCSC1(CC2=[C-]CC=C2)CC=CC=C1C(C)(C)C.CCCSC1(CC2=[C-]CC=C2)CC=CC=C1C(C)(C)C.[Cl-].[Cl-].[Ti+2].[Ti+2]. The number of halogens is 2. The van der Waals surface area contributed by atoms with Crippen LogP contribution in [0.1, 0.15) is 107 Å². The molecule has 0 aliphatic heterocycles. The Hall–Kier alpha value is 0.629. The Labute approximate surface area is 322 Å². The molecule has 0 radical (unpaired) electrons. The van der Waals surface area contributed by atoms with Crippen molar-refractivity contribution in [3.05, 3.63) is 95.2 Å². The molecule has 44 heavy (non-hydrogen) atoms. The van der Waals surface area contributed by atoms with E-state index in [1.807, 2.05) is 0 Å². The molecule has 0 aromatic heterocycles. The second-order valence-electron chi connectivity index (χ2n) is 13.6. The summed E-state index contributed by atoms with van der Waals surface area (Å²) in [4.78, 5) is 0. The van der Waals surface area contributed by atoms with Crippen LogP contribution in [0.15, 0.2) is 83.1 Å². The molecule has 6 heteroatoms. The summed E-state index contributed by atoms with van der Waals surface area (Å²) < 4.78 is 0.472. The maximum atomic E-state index is 3.52. The van der Waals surface area contributed by atoms with E-state index in [0.717, 1.165) is 38.5 Å². The Morgan fingerprint density at radius 2 is 1.00 bits per heavy atom. The predicted molar refractivity (Wildman–Crippen MR) is 184 cm³/mol. The smallest absolute Gasteiger partial charge is 1.00 e. The van der Waals surface area contributed by atoms with Crippen LogP contribution in [0.2, 0.25) is 0 Å². The Morgan fingerprint density at radius 1 is 0.636 bits per heavy atom. The van der Waals surface area contributed by atoms with E-state index in [4.69, 9.17) is 0 Å². The van der Waals surface area contributed by atoms with Gasteiger partial charge in [0.05, 0.1) is 0 Å². The van der Waals surface area contributed by atoms with Crippen molar-refractivity contribution in [3.8, 4) is 0 Å². The van der Waals surface area contributed by atoms with E-state index < -0.39 is 0 Å². The van der Waals surface area contributed by atoms with Gasteiger partial charge in [-0.1, -0.05) is 91.8 Å². The van der Waals surface area contributed by atoms with E-state index in [2.05, 4.69) is 152 Å². The maximum absolute atomic E-state index is 3.52. The molecule has 0 aromatic carbocycles. The summed E-state index contributed by atoms with van der Waals surface area (Å²) in [5, 5.41) is 0. The average Bonchev–Trinajstić information content (AvgIpc) is 3.60.